The van der Waals surface area contributed by atoms with Gasteiger partial charge in [0.15, 0.2) is 0 Å². The van der Waals surface area contributed by atoms with E-state index < -0.39 is 0 Å². The van der Waals surface area contributed by atoms with Gasteiger partial charge in [0.2, 0.25) is 5.91 Å². The van der Waals surface area contributed by atoms with Crippen LogP contribution >= 0.6 is 0 Å². The second kappa shape index (κ2) is 10.2. The summed E-state index contributed by atoms with van der Waals surface area (Å²) < 4.78 is 0. The fourth-order valence-corrected chi connectivity index (χ4v) is 5.95. The molecule has 4 aliphatic rings. The Kier molecular flexibility index (Phi) is 7.47. The molecule has 3 fully saturated rings. The molecule has 0 spiro atoms. The smallest absolute Gasteiger partial charge is 0.249 e. The lowest BCUT2D eigenvalue weighted by atomic mass is 9.95. The van der Waals surface area contributed by atoms with Crippen molar-refractivity contribution in [3.05, 3.63) is 11.6 Å². The van der Waals surface area contributed by atoms with Crippen LogP contribution in [0.5, 0.6) is 0 Å². The zero-order valence-corrected chi connectivity index (χ0v) is 17.9. The van der Waals surface area contributed by atoms with Gasteiger partial charge in [-0.15, -0.1) is 0 Å². The second-order valence-corrected chi connectivity index (χ2v) is 9.72. The van der Waals surface area contributed by atoms with E-state index in [4.69, 9.17) is 0 Å². The van der Waals surface area contributed by atoms with Gasteiger partial charge in [-0.25, -0.2) is 0 Å². The van der Waals surface area contributed by atoms with E-state index in [0.717, 1.165) is 44.1 Å². The van der Waals surface area contributed by atoms with Crippen LogP contribution in [0.4, 0.5) is 0 Å². The molecule has 4 rings (SSSR count). The average molecular weight is 388 g/mol. The molecular formula is C24H41N3O. The van der Waals surface area contributed by atoms with Crippen LogP contribution in [0.2, 0.25) is 0 Å². The molecule has 2 heterocycles. The van der Waals surface area contributed by atoms with Crippen molar-refractivity contribution in [1.29, 1.82) is 0 Å². The third-order valence-corrected chi connectivity index (χ3v) is 7.61. The quantitative estimate of drug-likeness (QED) is 0.659. The summed E-state index contributed by atoms with van der Waals surface area (Å²) in [5, 5.41) is 0. The van der Waals surface area contributed by atoms with E-state index in [1.165, 1.54) is 90.4 Å². The summed E-state index contributed by atoms with van der Waals surface area (Å²) in [5.74, 6) is 1.02. The van der Waals surface area contributed by atoms with Gasteiger partial charge < -0.3 is 14.7 Å². The zero-order valence-electron chi connectivity index (χ0n) is 17.9. The summed E-state index contributed by atoms with van der Waals surface area (Å²) in [4.78, 5) is 20.8. The number of allylic oxidation sites excluding steroid dienone is 1. The topological polar surface area (TPSA) is 26.8 Å². The number of nitrogens with zero attached hydrogens (tertiary/aromatic N) is 3. The highest BCUT2D eigenvalue weighted by atomic mass is 16.2. The van der Waals surface area contributed by atoms with Gasteiger partial charge in [-0.3, -0.25) is 4.79 Å². The van der Waals surface area contributed by atoms with E-state index in [2.05, 4.69) is 20.8 Å². The van der Waals surface area contributed by atoms with Gasteiger partial charge >= 0.3 is 0 Å². The van der Waals surface area contributed by atoms with Crippen LogP contribution in [0, 0.1) is 5.92 Å². The first kappa shape index (κ1) is 20.4. The molecule has 2 aliphatic carbocycles. The van der Waals surface area contributed by atoms with Crippen LogP contribution in [0.1, 0.15) is 77.0 Å². The Balaban J connectivity index is 1.35. The minimum Gasteiger partial charge on any atom is -0.337 e. The number of hydrogen-bond acceptors (Lipinski definition) is 3. The summed E-state index contributed by atoms with van der Waals surface area (Å²) in [5.41, 5.74) is 1.10. The molecule has 2 saturated heterocycles. The van der Waals surface area contributed by atoms with Gasteiger partial charge in [0.25, 0.3) is 0 Å². The van der Waals surface area contributed by atoms with Crippen molar-refractivity contribution < 1.29 is 4.79 Å². The molecule has 0 aromatic carbocycles. The monoisotopic (exact) mass is 387 g/mol. The molecule has 2 aliphatic heterocycles. The number of likely N-dealkylation sites (tertiary alicyclic amines) is 2. The molecule has 0 radical (unpaired) electrons. The largest absolute Gasteiger partial charge is 0.337 e. The van der Waals surface area contributed by atoms with Crippen molar-refractivity contribution >= 4 is 5.91 Å². The van der Waals surface area contributed by atoms with E-state index in [1.807, 2.05) is 0 Å². The maximum absolute atomic E-state index is 13.3. The Morgan fingerprint density at radius 2 is 1.79 bits per heavy atom. The van der Waals surface area contributed by atoms with Crippen molar-refractivity contribution in [2.24, 2.45) is 5.92 Å². The number of hydrogen-bond donors (Lipinski definition) is 0. The first-order valence-corrected chi connectivity index (χ1v) is 12.2. The van der Waals surface area contributed by atoms with Crippen LogP contribution in [0.25, 0.3) is 0 Å². The van der Waals surface area contributed by atoms with Crippen LogP contribution < -0.4 is 0 Å². The molecule has 1 atom stereocenters. The normalized spacial score (nSPS) is 27.9. The third-order valence-electron chi connectivity index (χ3n) is 7.61. The highest BCUT2D eigenvalue weighted by molar-refractivity contribution is 5.93. The Hall–Kier alpha value is -0.870. The number of carbonyl (C=O) groups is 1. The zero-order chi connectivity index (χ0) is 19.2. The summed E-state index contributed by atoms with van der Waals surface area (Å²) in [6, 6.07) is 0.831. The molecule has 158 valence electrons. The highest BCUT2D eigenvalue weighted by Crippen LogP contribution is 2.29. The molecule has 0 aromatic heterocycles. The van der Waals surface area contributed by atoms with Crippen molar-refractivity contribution in [3.8, 4) is 0 Å². The van der Waals surface area contributed by atoms with Gasteiger partial charge in [-0.05, 0) is 83.3 Å². The fraction of sp³-hybridized carbons (Fsp3) is 0.875. The van der Waals surface area contributed by atoms with Gasteiger partial charge in [0, 0.05) is 37.8 Å². The summed E-state index contributed by atoms with van der Waals surface area (Å²) >= 11 is 0. The fourth-order valence-electron chi connectivity index (χ4n) is 5.95. The van der Waals surface area contributed by atoms with E-state index in [1.54, 1.807) is 0 Å². The molecule has 4 heteroatoms. The summed E-state index contributed by atoms with van der Waals surface area (Å²) in [7, 11) is 0. The highest BCUT2D eigenvalue weighted by Gasteiger charge is 2.30. The van der Waals surface area contributed by atoms with Crippen molar-refractivity contribution in [2.75, 3.05) is 45.8 Å². The molecule has 4 nitrogen and oxygen atoms in total. The minimum atomic E-state index is 0.354. The number of rotatable bonds is 7. The Labute approximate surface area is 172 Å². The lowest BCUT2D eigenvalue weighted by molar-refractivity contribution is -0.128. The van der Waals surface area contributed by atoms with Gasteiger partial charge in [-0.2, -0.15) is 0 Å². The second-order valence-electron chi connectivity index (χ2n) is 9.72. The number of piperidine rings is 2. The third kappa shape index (κ3) is 5.38. The standard InChI is InChI=1S/C24H41N3O/c28-24(22-10-2-3-11-22)27(18-17-25-14-6-1-7-15-25)20-21-9-8-16-26(19-21)23-12-4-5-13-23/h10,21,23H,1-9,11-20H2/t21-/m1/s1. The van der Waals surface area contributed by atoms with Crippen LogP contribution in [0.15, 0.2) is 11.6 Å². The van der Waals surface area contributed by atoms with E-state index in [-0.39, 0.29) is 0 Å². The minimum absolute atomic E-state index is 0.354. The molecule has 28 heavy (non-hydrogen) atoms. The first-order valence-electron chi connectivity index (χ1n) is 12.2. The van der Waals surface area contributed by atoms with Gasteiger partial charge in [-0.1, -0.05) is 25.3 Å². The van der Waals surface area contributed by atoms with Gasteiger partial charge in [0.05, 0.1) is 0 Å². The Bertz CT molecular complexity index is 534. The predicted octanol–water partition coefficient (Wildman–Crippen LogP) is 4.07. The maximum atomic E-state index is 13.3. The number of carbonyl (C=O) groups excluding carboxylic acids is 1. The van der Waals surface area contributed by atoms with Crippen LogP contribution in [0.3, 0.4) is 0 Å². The molecular weight excluding hydrogens is 346 g/mol. The molecule has 1 saturated carbocycles. The molecule has 0 bridgehead atoms. The van der Waals surface area contributed by atoms with Crippen LogP contribution in [-0.4, -0.2) is 72.5 Å². The maximum Gasteiger partial charge on any atom is 0.249 e. The molecule has 0 unspecified atom stereocenters. The SMILES string of the molecule is O=C(C1=CCCC1)N(CCN1CCCCC1)C[C@@H]1CCCN(C2CCCC2)C1. The van der Waals surface area contributed by atoms with Gasteiger partial charge in [0.1, 0.15) is 0 Å². The van der Waals surface area contributed by atoms with E-state index in [9.17, 15) is 4.79 Å². The van der Waals surface area contributed by atoms with Crippen molar-refractivity contribution in [2.45, 2.75) is 83.1 Å². The predicted molar refractivity (Wildman–Crippen MR) is 115 cm³/mol. The Morgan fingerprint density at radius 1 is 0.964 bits per heavy atom. The molecule has 1 amide bonds. The average Bonchev–Trinajstić information content (AvgIpc) is 3.46. The lowest BCUT2D eigenvalue weighted by Crippen LogP contribution is -2.48. The van der Waals surface area contributed by atoms with Crippen molar-refractivity contribution in [1.82, 2.24) is 14.7 Å². The molecule has 0 N–H and O–H groups in total. The first-order chi connectivity index (χ1) is 13.8. The van der Waals surface area contributed by atoms with Crippen LogP contribution in [-0.2, 0) is 4.79 Å². The van der Waals surface area contributed by atoms with Crippen molar-refractivity contribution in [3.63, 3.8) is 0 Å². The summed E-state index contributed by atoms with van der Waals surface area (Å²) in [6.45, 7) is 7.93. The van der Waals surface area contributed by atoms with E-state index >= 15 is 0 Å². The lowest BCUT2D eigenvalue weighted by Gasteiger charge is -2.39. The Morgan fingerprint density at radius 3 is 2.54 bits per heavy atom. The molecule has 0 aromatic rings. The van der Waals surface area contributed by atoms with E-state index in [0.29, 0.717) is 11.8 Å². The number of amides is 1. The summed E-state index contributed by atoms with van der Waals surface area (Å²) in [6.07, 6.45) is 17.8.